The number of halogens is 1. The molecular formula is C26H23FN4O. The third-order valence-electron chi connectivity index (χ3n) is 7.01. The van der Waals surface area contributed by atoms with Gasteiger partial charge in [-0.05, 0) is 56.0 Å². The second kappa shape index (κ2) is 7.23. The smallest absolute Gasteiger partial charge is 0.176 e. The second-order valence-corrected chi connectivity index (χ2v) is 8.98. The van der Waals surface area contributed by atoms with Crippen molar-refractivity contribution >= 4 is 5.78 Å². The monoisotopic (exact) mass is 426 g/mol. The lowest BCUT2D eigenvalue weighted by Gasteiger charge is -2.44. The molecule has 2 heterocycles. The number of carbonyl (C=O) groups is 1. The molecule has 160 valence electrons. The van der Waals surface area contributed by atoms with E-state index in [1.54, 1.807) is 12.3 Å². The number of hydrogen-bond donors (Lipinski definition) is 0. The Hall–Kier alpha value is -3.59. The number of fused-ring (bicyclic) bond motifs is 3. The molecule has 0 N–H and O–H groups in total. The fourth-order valence-corrected chi connectivity index (χ4v) is 5.49. The summed E-state index contributed by atoms with van der Waals surface area (Å²) >= 11 is 0. The third-order valence-corrected chi connectivity index (χ3v) is 7.01. The average Bonchev–Trinajstić information content (AvgIpc) is 3.17. The molecule has 1 aromatic carbocycles. The van der Waals surface area contributed by atoms with Crippen LogP contribution in [0.15, 0.2) is 54.2 Å². The molecule has 3 atom stereocenters. The minimum atomic E-state index is -0.554. The zero-order valence-electron chi connectivity index (χ0n) is 18.3. The van der Waals surface area contributed by atoms with E-state index in [0.29, 0.717) is 11.5 Å². The molecule has 2 aromatic heterocycles. The molecule has 0 radical (unpaired) electrons. The number of rotatable bonds is 2. The Labute approximate surface area is 186 Å². The fourth-order valence-electron chi connectivity index (χ4n) is 5.49. The number of ketones is 1. The SMILES string of the molecule is Cc1cc(-c2nc3c(n2-c2cccc(F)c2)CC[C@@H]2[C@@H](C)C(=O)C(C#N)=C[C@@]32C)ccn1. The molecule has 2 aliphatic carbocycles. The maximum absolute atomic E-state index is 14.2. The van der Waals surface area contributed by atoms with Crippen LogP contribution in [0.3, 0.4) is 0 Å². The van der Waals surface area contributed by atoms with Gasteiger partial charge in [0.15, 0.2) is 5.78 Å². The summed E-state index contributed by atoms with van der Waals surface area (Å²) in [5.74, 6) is 0.115. The minimum Gasteiger partial charge on any atom is -0.296 e. The number of hydrogen-bond acceptors (Lipinski definition) is 4. The van der Waals surface area contributed by atoms with Crippen molar-refractivity contribution in [3.05, 3.63) is 77.1 Å². The minimum absolute atomic E-state index is 0.0579. The van der Waals surface area contributed by atoms with Gasteiger partial charge in [0, 0.05) is 34.5 Å². The van der Waals surface area contributed by atoms with Crippen molar-refractivity contribution in [2.75, 3.05) is 0 Å². The molecule has 5 rings (SSSR count). The van der Waals surface area contributed by atoms with Crippen LogP contribution in [0.1, 0.15) is 37.4 Å². The predicted octanol–water partition coefficient (Wildman–Crippen LogP) is 4.87. The van der Waals surface area contributed by atoms with Gasteiger partial charge in [0.05, 0.1) is 17.0 Å². The van der Waals surface area contributed by atoms with Crippen molar-refractivity contribution in [3.63, 3.8) is 0 Å². The number of pyridine rings is 1. The third kappa shape index (κ3) is 2.92. The highest BCUT2D eigenvalue weighted by Crippen LogP contribution is 2.50. The van der Waals surface area contributed by atoms with Gasteiger partial charge < -0.3 is 0 Å². The number of Topliss-reactive ketones (excluding diaryl/α,β-unsaturated/α-hetero) is 1. The van der Waals surface area contributed by atoms with Crippen LogP contribution in [-0.4, -0.2) is 20.3 Å². The number of benzene rings is 1. The molecule has 0 bridgehead atoms. The first-order valence-electron chi connectivity index (χ1n) is 10.8. The van der Waals surface area contributed by atoms with E-state index in [9.17, 15) is 14.4 Å². The quantitative estimate of drug-likeness (QED) is 0.586. The van der Waals surface area contributed by atoms with Crippen LogP contribution < -0.4 is 0 Å². The molecule has 5 nitrogen and oxygen atoms in total. The van der Waals surface area contributed by atoms with E-state index in [-0.39, 0.29) is 29.0 Å². The van der Waals surface area contributed by atoms with Crippen molar-refractivity contribution in [1.82, 2.24) is 14.5 Å². The summed E-state index contributed by atoms with van der Waals surface area (Å²) in [5.41, 5.74) is 3.95. The Balaban J connectivity index is 1.82. The van der Waals surface area contributed by atoms with E-state index >= 15 is 0 Å². The zero-order chi connectivity index (χ0) is 22.6. The molecule has 2 aliphatic rings. The van der Waals surface area contributed by atoms with Gasteiger partial charge in [-0.2, -0.15) is 5.26 Å². The van der Waals surface area contributed by atoms with Gasteiger partial charge in [-0.25, -0.2) is 9.37 Å². The molecule has 6 heteroatoms. The molecular weight excluding hydrogens is 403 g/mol. The van der Waals surface area contributed by atoms with Crippen molar-refractivity contribution in [3.8, 4) is 23.1 Å². The predicted molar refractivity (Wildman–Crippen MR) is 119 cm³/mol. The number of allylic oxidation sites excluding steroid dienone is 2. The van der Waals surface area contributed by atoms with Crippen LogP contribution >= 0.6 is 0 Å². The molecule has 0 amide bonds. The summed E-state index contributed by atoms with van der Waals surface area (Å²) in [5, 5.41) is 9.60. The van der Waals surface area contributed by atoms with Crippen LogP contribution in [0, 0.1) is 35.9 Å². The van der Waals surface area contributed by atoms with E-state index in [0.717, 1.165) is 35.5 Å². The van der Waals surface area contributed by atoms with Gasteiger partial charge >= 0.3 is 0 Å². The lowest BCUT2D eigenvalue weighted by Crippen LogP contribution is -2.45. The first-order chi connectivity index (χ1) is 15.3. The fraction of sp³-hybridized carbons (Fsp3) is 0.308. The second-order valence-electron chi connectivity index (χ2n) is 8.98. The topological polar surface area (TPSA) is 71.6 Å². The Bertz CT molecular complexity index is 1330. The van der Waals surface area contributed by atoms with Crippen molar-refractivity contribution in [2.24, 2.45) is 11.8 Å². The lowest BCUT2D eigenvalue weighted by atomic mass is 9.58. The van der Waals surface area contributed by atoms with Gasteiger partial charge in [0.1, 0.15) is 17.7 Å². The van der Waals surface area contributed by atoms with Gasteiger partial charge in [0.25, 0.3) is 0 Å². The Morgan fingerprint density at radius 1 is 1.28 bits per heavy atom. The molecule has 0 unspecified atom stereocenters. The van der Waals surface area contributed by atoms with Gasteiger partial charge in [-0.3, -0.25) is 14.3 Å². The Kier molecular flexibility index (Phi) is 4.59. The first-order valence-corrected chi connectivity index (χ1v) is 10.8. The molecule has 0 spiro atoms. The number of nitrogens with zero attached hydrogens (tertiary/aromatic N) is 4. The summed E-state index contributed by atoms with van der Waals surface area (Å²) in [7, 11) is 0. The summed E-state index contributed by atoms with van der Waals surface area (Å²) < 4.78 is 16.2. The molecule has 0 saturated carbocycles. The van der Waals surface area contributed by atoms with Crippen LogP contribution in [0.4, 0.5) is 4.39 Å². The van der Waals surface area contributed by atoms with E-state index in [1.165, 1.54) is 12.1 Å². The van der Waals surface area contributed by atoms with Gasteiger partial charge in [0.2, 0.25) is 0 Å². The largest absolute Gasteiger partial charge is 0.296 e. The highest BCUT2D eigenvalue weighted by molar-refractivity contribution is 6.02. The summed E-state index contributed by atoms with van der Waals surface area (Å²) in [4.78, 5) is 22.1. The van der Waals surface area contributed by atoms with Gasteiger partial charge in [-0.1, -0.05) is 26.0 Å². The molecule has 32 heavy (non-hydrogen) atoms. The zero-order valence-corrected chi connectivity index (χ0v) is 18.3. The van der Waals surface area contributed by atoms with E-state index < -0.39 is 5.41 Å². The van der Waals surface area contributed by atoms with Crippen LogP contribution in [0.25, 0.3) is 17.1 Å². The molecule has 0 fully saturated rings. The number of carbonyl (C=O) groups excluding carboxylic acids is 1. The summed E-state index contributed by atoms with van der Waals surface area (Å²) in [6.45, 7) is 5.91. The van der Waals surface area contributed by atoms with E-state index in [1.807, 2.05) is 42.7 Å². The van der Waals surface area contributed by atoms with E-state index in [2.05, 4.69) is 18.0 Å². The maximum atomic E-state index is 14.2. The van der Waals surface area contributed by atoms with Crippen LogP contribution in [0.2, 0.25) is 0 Å². The highest BCUT2D eigenvalue weighted by atomic mass is 19.1. The van der Waals surface area contributed by atoms with Crippen LogP contribution in [-0.2, 0) is 16.6 Å². The van der Waals surface area contributed by atoms with E-state index in [4.69, 9.17) is 4.98 Å². The number of aromatic nitrogens is 3. The van der Waals surface area contributed by atoms with Crippen molar-refractivity contribution in [2.45, 2.75) is 39.0 Å². The average molecular weight is 426 g/mol. The number of aryl methyl sites for hydroxylation is 1. The van der Waals surface area contributed by atoms with Crippen molar-refractivity contribution in [1.29, 1.82) is 5.26 Å². The maximum Gasteiger partial charge on any atom is 0.176 e. The van der Waals surface area contributed by atoms with Gasteiger partial charge in [-0.15, -0.1) is 0 Å². The molecule has 3 aromatic rings. The first kappa shape index (κ1) is 20.3. The molecule has 0 saturated heterocycles. The number of imidazole rings is 1. The normalized spacial score (nSPS) is 24.3. The van der Waals surface area contributed by atoms with Crippen LogP contribution in [0.5, 0.6) is 0 Å². The molecule has 0 aliphatic heterocycles. The number of nitriles is 1. The summed E-state index contributed by atoms with van der Waals surface area (Å²) in [6, 6.07) is 12.5. The Morgan fingerprint density at radius 3 is 2.81 bits per heavy atom. The lowest BCUT2D eigenvalue weighted by molar-refractivity contribution is -0.121. The standard InChI is InChI=1S/C26H23FN4O/c1-15-11-17(9-10-29-15)25-30-24-22(31(25)20-6-4-5-19(27)12-20)8-7-21-16(2)23(32)18(14-28)13-26(21,24)3/h4-6,9-13,16,21H,7-8H2,1-3H3/t16-,21-,26-/m1/s1. The summed E-state index contributed by atoms with van der Waals surface area (Å²) in [6.07, 6.45) is 5.06. The van der Waals surface area contributed by atoms with Crippen molar-refractivity contribution < 1.29 is 9.18 Å². The Morgan fingerprint density at radius 2 is 2.09 bits per heavy atom. The highest BCUT2D eigenvalue weighted by Gasteiger charge is 2.50.